The molecule has 1 unspecified atom stereocenters. The molecule has 0 rings (SSSR count). The molecule has 0 heterocycles. The van der Waals surface area contributed by atoms with E-state index in [1.807, 2.05) is 33.1 Å². The molecular weight excluding hydrogens is 563 g/mol. The van der Waals surface area contributed by atoms with Crippen LogP contribution in [0.5, 0.6) is 0 Å². The Morgan fingerprint density at radius 2 is 1.07 bits per heavy atom. The Bertz CT molecular complexity index is 498. The van der Waals surface area contributed by atoms with Gasteiger partial charge in [0.15, 0.2) is 31.8 Å². The lowest BCUT2D eigenvalue weighted by Crippen LogP contribution is -2.69. The fraction of sp³-hybridized carbons (Fsp3) is 1.00. The van der Waals surface area contributed by atoms with Gasteiger partial charge in [0.05, 0.1) is 5.04 Å². The van der Waals surface area contributed by atoms with Crippen molar-refractivity contribution in [1.82, 2.24) is 0 Å². The van der Waals surface area contributed by atoms with Gasteiger partial charge in [-0.15, -0.1) is 33.2 Å². The lowest BCUT2D eigenvalue weighted by atomic mass is 10.1. The summed E-state index contributed by atoms with van der Waals surface area (Å²) in [5.41, 5.74) is -1.40. The van der Waals surface area contributed by atoms with Gasteiger partial charge in [0.25, 0.3) is 0 Å². The summed E-state index contributed by atoms with van der Waals surface area (Å²) < 4.78 is 32.6. The van der Waals surface area contributed by atoms with Crippen molar-refractivity contribution >= 4 is 93.0 Å². The molecule has 0 saturated heterocycles. The van der Waals surface area contributed by atoms with E-state index in [0.717, 1.165) is 0 Å². The normalized spacial score (nSPS) is 16.4. The van der Waals surface area contributed by atoms with Crippen LogP contribution in [0.25, 0.3) is 0 Å². The minimum atomic E-state index is -3.61. The van der Waals surface area contributed by atoms with E-state index in [0.29, 0.717) is 6.61 Å². The highest BCUT2D eigenvalue weighted by Gasteiger charge is 2.70. The van der Waals surface area contributed by atoms with E-state index in [-0.39, 0.29) is 0 Å². The number of rotatable bonds is 14. The third-order valence-electron chi connectivity index (χ3n) is 3.63. The predicted octanol–water partition coefficient (Wildman–Crippen LogP) is 6.05. The zero-order chi connectivity index (χ0) is 24.1. The van der Waals surface area contributed by atoms with Crippen molar-refractivity contribution in [3.63, 3.8) is 0 Å². The van der Waals surface area contributed by atoms with Crippen molar-refractivity contribution in [2.45, 2.75) is 89.4 Å². The van der Waals surface area contributed by atoms with Crippen LogP contribution in [0.2, 0.25) is 77.1 Å². The molecule has 0 saturated carbocycles. The number of hydrogen-bond acceptors (Lipinski definition) is 5. The molecular formula is C15H38Cl3O5Si7. The summed E-state index contributed by atoms with van der Waals surface area (Å²) in [6.45, 7) is 25.3. The molecule has 0 aliphatic heterocycles. The van der Waals surface area contributed by atoms with Crippen molar-refractivity contribution < 1.29 is 21.5 Å². The minimum absolute atomic E-state index is 0.312. The monoisotopic (exact) mass is 599 g/mol. The molecule has 1 atom stereocenters. The van der Waals surface area contributed by atoms with Gasteiger partial charge >= 0.3 is 15.3 Å². The Morgan fingerprint density at radius 3 is 1.30 bits per heavy atom. The smallest absolute Gasteiger partial charge is 0.400 e. The van der Waals surface area contributed by atoms with E-state index in [1.165, 1.54) is 0 Å². The van der Waals surface area contributed by atoms with E-state index < -0.39 is 70.2 Å². The summed E-state index contributed by atoms with van der Waals surface area (Å²) in [7, 11) is -8.64. The maximum absolute atomic E-state index is 6.83. The molecule has 0 aromatic rings. The van der Waals surface area contributed by atoms with E-state index in [1.54, 1.807) is 0 Å². The van der Waals surface area contributed by atoms with Gasteiger partial charge in [-0.2, -0.15) is 0 Å². The largest absolute Gasteiger partial charge is 0.435 e. The maximum Gasteiger partial charge on any atom is 0.400 e. The van der Waals surface area contributed by atoms with Crippen molar-refractivity contribution in [2.24, 2.45) is 0 Å². The first kappa shape index (κ1) is 32.2. The average molecular weight is 601 g/mol. The van der Waals surface area contributed by atoms with Crippen LogP contribution >= 0.6 is 33.2 Å². The van der Waals surface area contributed by atoms with Gasteiger partial charge in [0.2, 0.25) is 18.1 Å². The van der Waals surface area contributed by atoms with Crippen LogP contribution in [-0.4, -0.2) is 71.8 Å². The molecule has 5 radical (unpaired) electrons. The molecule has 0 N–H and O–H groups in total. The van der Waals surface area contributed by atoms with Crippen LogP contribution in [0.3, 0.4) is 0 Å². The Labute approximate surface area is 209 Å². The third-order valence-corrected chi connectivity index (χ3v) is 16.6. The molecule has 0 spiro atoms. The first-order chi connectivity index (χ1) is 13.3. The highest BCUT2D eigenvalue weighted by molar-refractivity contribution is 7.65. The standard InChI is InChI=1S/C15H38Cl3O5Si7/c1-14(13-19-29(10,11)12,28(22-26(6)7)23-27(8)9)15(20-24(2)3,21-25(4)5)30(16,17)18/h13H2,1-12H3. The number of hydrogen-bond donors (Lipinski definition) is 0. The average Bonchev–Trinajstić information content (AvgIpc) is 2.47. The molecule has 0 aromatic carbocycles. The molecule has 0 aromatic heterocycles. The van der Waals surface area contributed by atoms with E-state index in [4.69, 9.17) is 54.7 Å². The maximum atomic E-state index is 6.83. The van der Waals surface area contributed by atoms with Crippen LogP contribution in [0.1, 0.15) is 6.92 Å². The molecule has 0 amide bonds. The first-order valence-electron chi connectivity index (χ1n) is 9.80. The van der Waals surface area contributed by atoms with Crippen molar-refractivity contribution in [3.8, 4) is 0 Å². The quantitative estimate of drug-likeness (QED) is 0.138. The van der Waals surface area contributed by atoms with Gasteiger partial charge in [-0.05, 0) is 72.0 Å². The summed E-state index contributed by atoms with van der Waals surface area (Å²) in [5, 5.41) is -0.858. The zero-order valence-electron chi connectivity index (χ0n) is 20.4. The third kappa shape index (κ3) is 9.82. The Morgan fingerprint density at radius 1 is 0.700 bits per heavy atom. The zero-order valence-corrected chi connectivity index (χ0v) is 29.7. The highest BCUT2D eigenvalue weighted by atomic mass is 35.8. The van der Waals surface area contributed by atoms with Gasteiger partial charge in [-0.3, -0.25) is 0 Å². The Hall–Kier alpha value is 2.19. The molecule has 177 valence electrons. The molecule has 15 heteroatoms. The second-order valence-corrected chi connectivity index (χ2v) is 33.2. The summed E-state index contributed by atoms with van der Waals surface area (Å²) >= 11 is 20.5. The molecule has 0 aliphatic carbocycles. The number of halogens is 3. The van der Waals surface area contributed by atoms with Gasteiger partial charge in [0, 0.05) is 6.61 Å². The first-order valence-corrected chi connectivity index (χ1v) is 29.2. The summed E-state index contributed by atoms with van der Waals surface area (Å²) in [6.07, 6.45) is 0. The molecule has 5 nitrogen and oxygen atoms in total. The SMILES string of the molecule is C[Si](C)O[Si](O[Si](C)C)C(C)(CO[Si](C)(C)C)C(O[Si](C)C)(O[Si](C)C)[Si](Cl)(Cl)Cl. The second kappa shape index (κ2) is 12.8. The fourth-order valence-electron chi connectivity index (χ4n) is 2.52. The molecule has 0 fully saturated rings. The Kier molecular flexibility index (Phi) is 13.7. The lowest BCUT2D eigenvalue weighted by Gasteiger charge is -2.54. The highest BCUT2D eigenvalue weighted by Crippen LogP contribution is 2.56. The van der Waals surface area contributed by atoms with Gasteiger partial charge in [-0.1, -0.05) is 6.92 Å². The van der Waals surface area contributed by atoms with Crippen molar-refractivity contribution in [3.05, 3.63) is 0 Å². The van der Waals surface area contributed by atoms with Gasteiger partial charge < -0.3 is 21.5 Å². The van der Waals surface area contributed by atoms with E-state index in [2.05, 4.69) is 45.8 Å². The van der Waals surface area contributed by atoms with Crippen LogP contribution in [0.15, 0.2) is 0 Å². The topological polar surface area (TPSA) is 46.2 Å². The molecule has 30 heavy (non-hydrogen) atoms. The molecule has 0 bridgehead atoms. The van der Waals surface area contributed by atoms with Crippen molar-refractivity contribution in [2.75, 3.05) is 6.61 Å². The van der Waals surface area contributed by atoms with Crippen LogP contribution in [-0.2, 0) is 21.5 Å². The van der Waals surface area contributed by atoms with Crippen LogP contribution in [0, 0.1) is 0 Å². The lowest BCUT2D eigenvalue weighted by molar-refractivity contribution is -0.0984. The minimum Gasteiger partial charge on any atom is -0.435 e. The summed E-state index contributed by atoms with van der Waals surface area (Å²) in [4.78, 5) is 0. The van der Waals surface area contributed by atoms with Gasteiger partial charge in [0.1, 0.15) is 0 Å². The van der Waals surface area contributed by atoms with Crippen molar-refractivity contribution in [1.29, 1.82) is 0 Å². The van der Waals surface area contributed by atoms with Gasteiger partial charge in [-0.25, -0.2) is 0 Å². The van der Waals surface area contributed by atoms with E-state index in [9.17, 15) is 0 Å². The fourth-order valence-corrected chi connectivity index (χ4v) is 19.6. The van der Waals surface area contributed by atoms with E-state index >= 15 is 0 Å². The Balaban J connectivity index is 6.90. The summed E-state index contributed by atoms with van der Waals surface area (Å²) in [6, 6.07) is -3.61. The van der Waals surface area contributed by atoms with Crippen LogP contribution < -0.4 is 0 Å². The predicted molar refractivity (Wildman–Crippen MR) is 144 cm³/mol. The van der Waals surface area contributed by atoms with Crippen LogP contribution in [0.4, 0.5) is 0 Å². The summed E-state index contributed by atoms with van der Waals surface area (Å²) in [5.74, 6) is 0. The second-order valence-electron chi connectivity index (χ2n) is 9.18. The molecule has 0 aliphatic rings.